The molecular weight excluding hydrogens is 202 g/mol. The maximum Gasteiger partial charge on any atom is 0.0314 e. The summed E-state index contributed by atoms with van der Waals surface area (Å²) in [6.07, 6.45) is 2.55. The van der Waals surface area contributed by atoms with E-state index in [0.29, 0.717) is 0 Å². The molecule has 0 aliphatic rings. The highest BCUT2D eigenvalue weighted by Crippen LogP contribution is 2.19. The molecule has 1 nitrogen and oxygen atoms in total. The molecule has 0 aliphatic heterocycles. The van der Waals surface area contributed by atoms with Crippen LogP contribution in [0, 0.1) is 0 Å². The van der Waals surface area contributed by atoms with Crippen molar-refractivity contribution in [3.05, 3.63) is 24.3 Å². The summed E-state index contributed by atoms with van der Waals surface area (Å²) in [5, 5.41) is 0. The number of hydrogen-bond donors (Lipinski definition) is 1. The van der Waals surface area contributed by atoms with Crippen molar-refractivity contribution in [3.8, 4) is 0 Å². The zero-order valence-corrected chi connectivity index (χ0v) is 9.46. The summed E-state index contributed by atoms with van der Waals surface area (Å²) in [5.41, 5.74) is 6.41. The standard InChI is InChI=1S/C10H15NS.ClH/c1-2-3-8-12-10-6-4-9(11)5-7-10;/h4-7H,2-3,8,11H2,1H3;1H. The average molecular weight is 218 g/mol. The Morgan fingerprint density at radius 2 is 1.85 bits per heavy atom. The van der Waals surface area contributed by atoms with Gasteiger partial charge < -0.3 is 5.73 Å². The number of benzene rings is 1. The molecule has 0 saturated carbocycles. The number of halogens is 1. The molecular formula is C10H16ClNS. The van der Waals surface area contributed by atoms with Gasteiger partial charge in [-0.05, 0) is 36.4 Å². The minimum absolute atomic E-state index is 0. The van der Waals surface area contributed by atoms with Gasteiger partial charge in [0.25, 0.3) is 0 Å². The third kappa shape index (κ3) is 5.06. The van der Waals surface area contributed by atoms with E-state index in [0.717, 1.165) is 5.69 Å². The highest BCUT2D eigenvalue weighted by molar-refractivity contribution is 7.99. The second-order valence-corrected chi connectivity index (χ2v) is 3.94. The fourth-order valence-corrected chi connectivity index (χ4v) is 1.90. The van der Waals surface area contributed by atoms with Crippen LogP contribution in [0.5, 0.6) is 0 Å². The van der Waals surface area contributed by atoms with E-state index in [2.05, 4.69) is 19.1 Å². The van der Waals surface area contributed by atoms with Crippen LogP contribution < -0.4 is 5.73 Å². The second kappa shape index (κ2) is 7.10. The predicted octanol–water partition coefficient (Wildman–Crippen LogP) is 3.58. The summed E-state index contributed by atoms with van der Waals surface area (Å²) in [5.74, 6) is 1.21. The first kappa shape index (κ1) is 12.7. The Hall–Kier alpha value is -0.340. The number of nitrogen functional groups attached to an aromatic ring is 1. The van der Waals surface area contributed by atoms with Crippen molar-refractivity contribution in [1.29, 1.82) is 0 Å². The molecule has 0 atom stereocenters. The van der Waals surface area contributed by atoms with Crippen LogP contribution >= 0.6 is 24.2 Å². The lowest BCUT2D eigenvalue weighted by Crippen LogP contribution is -1.83. The van der Waals surface area contributed by atoms with Crippen LogP contribution in [-0.4, -0.2) is 5.75 Å². The second-order valence-electron chi connectivity index (χ2n) is 2.77. The molecule has 1 aromatic carbocycles. The van der Waals surface area contributed by atoms with Gasteiger partial charge >= 0.3 is 0 Å². The minimum Gasteiger partial charge on any atom is -0.399 e. The fourth-order valence-electron chi connectivity index (χ4n) is 0.898. The minimum atomic E-state index is 0. The van der Waals surface area contributed by atoms with Gasteiger partial charge in [0.15, 0.2) is 0 Å². The topological polar surface area (TPSA) is 26.0 Å². The average Bonchev–Trinajstić information content (AvgIpc) is 2.09. The van der Waals surface area contributed by atoms with Crippen LogP contribution in [-0.2, 0) is 0 Å². The molecule has 3 heteroatoms. The first-order chi connectivity index (χ1) is 5.83. The van der Waals surface area contributed by atoms with E-state index in [1.807, 2.05) is 23.9 Å². The van der Waals surface area contributed by atoms with Gasteiger partial charge in [0.1, 0.15) is 0 Å². The SMILES string of the molecule is CCCCSc1ccc(N)cc1.Cl. The van der Waals surface area contributed by atoms with Crippen molar-refractivity contribution in [2.24, 2.45) is 0 Å². The maximum atomic E-state index is 5.57. The zero-order valence-electron chi connectivity index (χ0n) is 7.82. The van der Waals surface area contributed by atoms with E-state index in [4.69, 9.17) is 5.73 Å². The smallest absolute Gasteiger partial charge is 0.0314 e. The molecule has 1 aromatic rings. The van der Waals surface area contributed by atoms with Gasteiger partial charge in [-0.3, -0.25) is 0 Å². The first-order valence-electron chi connectivity index (χ1n) is 4.31. The van der Waals surface area contributed by atoms with Crippen molar-refractivity contribution in [3.63, 3.8) is 0 Å². The molecule has 2 N–H and O–H groups in total. The monoisotopic (exact) mass is 217 g/mol. The predicted molar refractivity (Wildman–Crippen MR) is 63.7 cm³/mol. The van der Waals surface area contributed by atoms with Gasteiger partial charge in [-0.2, -0.15) is 0 Å². The number of anilines is 1. The normalized spacial score (nSPS) is 9.31. The molecule has 0 amide bonds. The van der Waals surface area contributed by atoms with Crippen molar-refractivity contribution < 1.29 is 0 Å². The third-order valence-corrected chi connectivity index (χ3v) is 2.75. The molecule has 0 aromatic heterocycles. The number of unbranched alkanes of at least 4 members (excludes halogenated alkanes) is 1. The van der Waals surface area contributed by atoms with E-state index >= 15 is 0 Å². The van der Waals surface area contributed by atoms with E-state index in [-0.39, 0.29) is 12.4 Å². The van der Waals surface area contributed by atoms with E-state index in [1.54, 1.807) is 0 Å². The Labute approximate surface area is 90.5 Å². The quantitative estimate of drug-likeness (QED) is 0.474. The molecule has 74 valence electrons. The Bertz CT molecular complexity index is 223. The Kier molecular flexibility index (Phi) is 6.92. The van der Waals surface area contributed by atoms with Crippen LogP contribution in [0.3, 0.4) is 0 Å². The maximum absolute atomic E-state index is 5.57. The summed E-state index contributed by atoms with van der Waals surface area (Å²) >= 11 is 1.90. The lowest BCUT2D eigenvalue weighted by Gasteiger charge is -2.00. The number of hydrogen-bond acceptors (Lipinski definition) is 2. The molecule has 0 radical (unpaired) electrons. The molecule has 13 heavy (non-hydrogen) atoms. The van der Waals surface area contributed by atoms with Crippen LogP contribution in [0.1, 0.15) is 19.8 Å². The number of thioether (sulfide) groups is 1. The van der Waals surface area contributed by atoms with Crippen LogP contribution in [0.2, 0.25) is 0 Å². The highest BCUT2D eigenvalue weighted by atomic mass is 35.5. The first-order valence-corrected chi connectivity index (χ1v) is 5.30. The van der Waals surface area contributed by atoms with E-state index in [9.17, 15) is 0 Å². The van der Waals surface area contributed by atoms with Crippen molar-refractivity contribution >= 4 is 29.9 Å². The molecule has 0 unspecified atom stereocenters. The van der Waals surface area contributed by atoms with Gasteiger partial charge in [-0.1, -0.05) is 13.3 Å². The van der Waals surface area contributed by atoms with Gasteiger partial charge in [-0.25, -0.2) is 0 Å². The summed E-state index contributed by atoms with van der Waals surface area (Å²) in [6.45, 7) is 2.21. The summed E-state index contributed by atoms with van der Waals surface area (Å²) in [7, 11) is 0. The third-order valence-electron chi connectivity index (χ3n) is 1.65. The lowest BCUT2D eigenvalue weighted by atomic mass is 10.3. The molecule has 0 spiro atoms. The van der Waals surface area contributed by atoms with Gasteiger partial charge in [-0.15, -0.1) is 24.2 Å². The Morgan fingerprint density at radius 1 is 1.23 bits per heavy atom. The largest absolute Gasteiger partial charge is 0.399 e. The van der Waals surface area contributed by atoms with Crippen molar-refractivity contribution in [2.45, 2.75) is 24.7 Å². The molecule has 0 aliphatic carbocycles. The van der Waals surface area contributed by atoms with Gasteiger partial charge in [0, 0.05) is 10.6 Å². The summed E-state index contributed by atoms with van der Waals surface area (Å²) in [4.78, 5) is 1.32. The lowest BCUT2D eigenvalue weighted by molar-refractivity contribution is 0.896. The summed E-state index contributed by atoms with van der Waals surface area (Å²) in [6, 6.07) is 8.06. The van der Waals surface area contributed by atoms with Crippen LogP contribution in [0.25, 0.3) is 0 Å². The van der Waals surface area contributed by atoms with Crippen molar-refractivity contribution in [1.82, 2.24) is 0 Å². The number of rotatable bonds is 4. The molecule has 0 fully saturated rings. The van der Waals surface area contributed by atoms with E-state index in [1.165, 1.54) is 23.5 Å². The Balaban J connectivity index is 0.00000144. The van der Waals surface area contributed by atoms with Gasteiger partial charge in [0.05, 0.1) is 0 Å². The molecule has 0 heterocycles. The molecule has 1 rings (SSSR count). The molecule has 0 bridgehead atoms. The zero-order chi connectivity index (χ0) is 8.81. The van der Waals surface area contributed by atoms with Crippen LogP contribution in [0.15, 0.2) is 29.2 Å². The van der Waals surface area contributed by atoms with Gasteiger partial charge in [0.2, 0.25) is 0 Å². The molecule has 0 saturated heterocycles. The highest BCUT2D eigenvalue weighted by Gasteiger charge is 1.92. The number of nitrogens with two attached hydrogens (primary N) is 1. The Morgan fingerprint density at radius 3 is 2.38 bits per heavy atom. The summed E-state index contributed by atoms with van der Waals surface area (Å²) < 4.78 is 0. The van der Waals surface area contributed by atoms with Crippen molar-refractivity contribution in [2.75, 3.05) is 11.5 Å². The van der Waals surface area contributed by atoms with E-state index < -0.39 is 0 Å². The fraction of sp³-hybridized carbons (Fsp3) is 0.400. The van der Waals surface area contributed by atoms with Crippen LogP contribution in [0.4, 0.5) is 5.69 Å².